The Bertz CT molecular complexity index is 1850. The van der Waals surface area contributed by atoms with Crippen LogP contribution in [0.4, 0.5) is 0 Å². The van der Waals surface area contributed by atoms with Gasteiger partial charge in [0.05, 0.1) is 47.7 Å². The third-order valence-electron chi connectivity index (χ3n) is 11.0. The molecule has 11 atom stereocenters. The molecule has 5 bridgehead atoms. The van der Waals surface area contributed by atoms with Crippen molar-refractivity contribution in [3.05, 3.63) is 46.0 Å². The molecule has 0 saturated heterocycles. The van der Waals surface area contributed by atoms with E-state index in [1.165, 1.54) is 33.8 Å². The van der Waals surface area contributed by atoms with E-state index < -0.39 is 135 Å². The van der Waals surface area contributed by atoms with E-state index in [0.29, 0.717) is 0 Å². The lowest BCUT2D eigenvalue weighted by Crippen LogP contribution is -2.54. The highest BCUT2D eigenvalue weighted by molar-refractivity contribution is 6.32. The number of ketones is 4. The predicted molar refractivity (Wildman–Crippen MR) is 172 cm³/mol. The average molecular weight is 712 g/mol. The molecule has 1 aromatic carbocycles. The van der Waals surface area contributed by atoms with E-state index in [-0.39, 0.29) is 23.3 Å². The molecule has 0 aromatic heterocycles. The third kappa shape index (κ3) is 5.62. The summed E-state index contributed by atoms with van der Waals surface area (Å²) in [5.74, 6) is -12.5. The van der Waals surface area contributed by atoms with Crippen molar-refractivity contribution in [3.8, 4) is 11.5 Å². The van der Waals surface area contributed by atoms with Gasteiger partial charge in [0.1, 0.15) is 29.1 Å². The zero-order valence-electron chi connectivity index (χ0n) is 29.1. The number of aliphatic hydroxyl groups is 3. The van der Waals surface area contributed by atoms with Crippen molar-refractivity contribution in [3.63, 3.8) is 0 Å². The Morgan fingerprint density at radius 3 is 2.24 bits per heavy atom. The highest BCUT2D eigenvalue weighted by Gasteiger charge is 2.57. The zero-order valence-corrected chi connectivity index (χ0v) is 29.1. The maximum atomic E-state index is 14.1. The lowest BCUT2D eigenvalue weighted by atomic mass is 9.79. The van der Waals surface area contributed by atoms with Crippen LogP contribution in [-0.4, -0.2) is 91.2 Å². The van der Waals surface area contributed by atoms with Crippen LogP contribution in [0.15, 0.2) is 23.8 Å². The average Bonchev–Trinajstić information content (AvgIpc) is 3.83. The molecule has 51 heavy (non-hydrogen) atoms. The number of carbonyl (C=O) groups excluding carboxylic acids is 6. The minimum atomic E-state index is -2.16. The molecule has 15 nitrogen and oxygen atoms in total. The number of allylic oxidation sites excluding steroid dienone is 2. The first-order chi connectivity index (χ1) is 23.7. The fraction of sp³-hybridized carbons (Fsp3) is 0.556. The zero-order chi connectivity index (χ0) is 37.6. The second kappa shape index (κ2) is 12.3. The third-order valence-corrected chi connectivity index (χ3v) is 11.0. The molecule has 1 saturated carbocycles. The summed E-state index contributed by atoms with van der Waals surface area (Å²) in [6.07, 6.45) is -3.04. The van der Waals surface area contributed by atoms with E-state index in [2.05, 4.69) is 5.32 Å². The predicted octanol–water partition coefficient (Wildman–Crippen LogP) is 1.55. The Morgan fingerprint density at radius 2 is 1.59 bits per heavy atom. The Labute approximate surface area is 292 Å². The van der Waals surface area contributed by atoms with Crippen LogP contribution < -0.4 is 10.1 Å². The second-order valence-corrected chi connectivity index (χ2v) is 14.7. The monoisotopic (exact) mass is 711 g/mol. The van der Waals surface area contributed by atoms with Gasteiger partial charge in [0.15, 0.2) is 11.4 Å². The number of esters is 1. The summed E-state index contributed by atoms with van der Waals surface area (Å²) in [7, 11) is 0. The molecule has 0 radical (unpaired) electrons. The van der Waals surface area contributed by atoms with Crippen molar-refractivity contribution in [2.45, 2.75) is 97.1 Å². The number of fused-ring (bicyclic) bond motifs is 3. The van der Waals surface area contributed by atoms with E-state index in [9.17, 15) is 49.2 Å². The number of aliphatic hydroxyl groups excluding tert-OH is 3. The van der Waals surface area contributed by atoms with Crippen molar-refractivity contribution in [2.24, 2.45) is 29.6 Å². The molecular formula is C36H41NO14. The molecule has 11 unspecified atom stereocenters. The fourth-order valence-electron chi connectivity index (χ4n) is 7.67. The standard InChI is InChI=1S/C36H41NO14/c1-12-19(39)8-9-48-36(7)33(46)23-21-22(27(43)15(4)31(23)51-36)28(44)24-32(29(21)45)50-35(6,34(47)37-24)11-20(40)17-10-18(17)26(42)13(2)25(41)14(3)30(12)49-16(5)38/h8-9,12-14,17-19,25-26,30,39,41-43H,10-11H2,1-7H3,(H,37,47). The smallest absolute Gasteiger partial charge is 0.312 e. The number of benzene rings is 1. The number of hydrogen-bond acceptors (Lipinski definition) is 14. The van der Waals surface area contributed by atoms with Crippen LogP contribution in [0.1, 0.15) is 91.0 Å². The molecule has 5 N–H and O–H groups in total. The molecule has 0 spiro atoms. The van der Waals surface area contributed by atoms with Gasteiger partial charge in [-0.2, -0.15) is 0 Å². The molecular weight excluding hydrogens is 670 g/mol. The largest absolute Gasteiger partial charge is 0.507 e. The van der Waals surface area contributed by atoms with Crippen LogP contribution in [0.2, 0.25) is 0 Å². The topological polar surface area (TPSA) is 232 Å². The summed E-state index contributed by atoms with van der Waals surface area (Å²) in [4.78, 5) is 81.0. The number of hydrogen-bond donors (Lipinski definition) is 5. The van der Waals surface area contributed by atoms with Crippen LogP contribution in [0, 0.1) is 36.5 Å². The summed E-state index contributed by atoms with van der Waals surface area (Å²) in [6.45, 7) is 9.77. The maximum Gasteiger partial charge on any atom is 0.312 e. The van der Waals surface area contributed by atoms with Crippen LogP contribution in [0.5, 0.6) is 11.5 Å². The van der Waals surface area contributed by atoms with Gasteiger partial charge in [-0.1, -0.05) is 20.8 Å². The Hall–Kier alpha value is -4.60. The molecule has 3 heterocycles. The number of aromatic hydroxyl groups is 1. The van der Waals surface area contributed by atoms with Crippen LogP contribution in [-0.2, 0) is 28.6 Å². The Balaban J connectivity index is 1.44. The lowest BCUT2D eigenvalue weighted by Gasteiger charge is -2.37. The number of Topliss-reactive ketones (excluding diaryl/α,β-unsaturated/α-hetero) is 4. The van der Waals surface area contributed by atoms with Gasteiger partial charge in [0, 0.05) is 43.1 Å². The van der Waals surface area contributed by atoms with Gasteiger partial charge in [-0.15, -0.1) is 0 Å². The Kier molecular flexibility index (Phi) is 8.71. The van der Waals surface area contributed by atoms with Gasteiger partial charge in [-0.3, -0.25) is 28.8 Å². The minimum Gasteiger partial charge on any atom is -0.507 e. The van der Waals surface area contributed by atoms with E-state index >= 15 is 0 Å². The SMILES string of the molecule is CC(=O)OC1C(C)C(O)C=COC2(C)Oc3c(C)c(O)c4c(c3C2=O)C(=O)C2=C(NC(=O)C(C)(CC(=O)C3CC3C(O)C(C)C(O)C1C)O2)C4=O. The van der Waals surface area contributed by atoms with Crippen LogP contribution >= 0.6 is 0 Å². The van der Waals surface area contributed by atoms with Gasteiger partial charge in [0.2, 0.25) is 11.6 Å². The summed E-state index contributed by atoms with van der Waals surface area (Å²) in [6, 6.07) is 0. The molecule has 5 aliphatic rings. The van der Waals surface area contributed by atoms with E-state index in [1.807, 2.05) is 0 Å². The first kappa shape index (κ1) is 36.2. The number of phenolic OH excluding ortho intramolecular Hbond substituents is 1. The Morgan fingerprint density at radius 1 is 0.922 bits per heavy atom. The van der Waals surface area contributed by atoms with Crippen LogP contribution in [0.25, 0.3) is 0 Å². The van der Waals surface area contributed by atoms with Crippen molar-refractivity contribution in [1.82, 2.24) is 5.32 Å². The fourth-order valence-corrected chi connectivity index (χ4v) is 7.67. The normalized spacial score (nSPS) is 37.8. The van der Waals surface area contributed by atoms with E-state index in [0.717, 1.165) is 6.26 Å². The molecule has 15 heteroatoms. The highest BCUT2D eigenvalue weighted by Crippen LogP contribution is 2.51. The lowest BCUT2D eigenvalue weighted by molar-refractivity contribution is -0.160. The van der Waals surface area contributed by atoms with Crippen LogP contribution in [0.3, 0.4) is 0 Å². The van der Waals surface area contributed by atoms with Gasteiger partial charge < -0.3 is 44.7 Å². The number of phenols is 1. The van der Waals surface area contributed by atoms with Gasteiger partial charge >= 0.3 is 11.8 Å². The van der Waals surface area contributed by atoms with Crippen molar-refractivity contribution < 1.29 is 68.1 Å². The van der Waals surface area contributed by atoms with Crippen molar-refractivity contribution >= 4 is 35.0 Å². The summed E-state index contributed by atoms with van der Waals surface area (Å²) >= 11 is 0. The summed E-state index contributed by atoms with van der Waals surface area (Å²) in [5, 5.41) is 47.2. The maximum absolute atomic E-state index is 14.1. The van der Waals surface area contributed by atoms with Gasteiger partial charge in [-0.05, 0) is 32.3 Å². The summed E-state index contributed by atoms with van der Waals surface area (Å²) < 4.78 is 23.0. The quantitative estimate of drug-likeness (QED) is 0.260. The van der Waals surface area contributed by atoms with E-state index in [4.69, 9.17) is 18.9 Å². The number of ether oxygens (including phenoxy) is 4. The number of carbonyl (C=O) groups is 6. The van der Waals surface area contributed by atoms with Crippen molar-refractivity contribution in [1.29, 1.82) is 0 Å². The number of rotatable bonds is 1. The summed E-state index contributed by atoms with van der Waals surface area (Å²) in [5.41, 5.74) is -4.07. The molecule has 6 rings (SSSR count). The van der Waals surface area contributed by atoms with E-state index in [1.54, 1.807) is 20.8 Å². The second-order valence-electron chi connectivity index (χ2n) is 14.7. The number of nitrogens with one attached hydrogen (secondary N) is 1. The molecule has 1 amide bonds. The van der Waals surface area contributed by atoms with Gasteiger partial charge in [0.25, 0.3) is 11.7 Å². The molecule has 274 valence electrons. The van der Waals surface area contributed by atoms with Crippen molar-refractivity contribution in [2.75, 3.05) is 0 Å². The molecule has 2 aliphatic carbocycles. The molecule has 3 aliphatic heterocycles. The highest BCUT2D eigenvalue weighted by atomic mass is 16.7. The van der Waals surface area contributed by atoms with Gasteiger partial charge in [-0.25, -0.2) is 0 Å². The first-order valence-corrected chi connectivity index (χ1v) is 16.8. The molecule has 1 aromatic rings. The number of amides is 1. The minimum absolute atomic E-state index is 0.0663. The molecule has 1 fully saturated rings. The first-order valence-electron chi connectivity index (χ1n) is 16.8.